The summed E-state index contributed by atoms with van der Waals surface area (Å²) in [5.41, 5.74) is 12.0. The molecular weight excluding hydrogens is 314 g/mol. The van der Waals surface area contributed by atoms with Crippen molar-refractivity contribution in [2.24, 2.45) is 10.7 Å². The molecule has 3 N–H and O–H groups in total. The van der Waals surface area contributed by atoms with Gasteiger partial charge in [-0.2, -0.15) is 0 Å². The first-order chi connectivity index (χ1) is 11.9. The maximum atomic E-state index is 6.00. The van der Waals surface area contributed by atoms with Gasteiger partial charge in [0.15, 0.2) is 17.5 Å². The van der Waals surface area contributed by atoms with Crippen molar-refractivity contribution in [1.82, 2.24) is 0 Å². The van der Waals surface area contributed by atoms with Crippen LogP contribution in [0.1, 0.15) is 22.3 Å². The van der Waals surface area contributed by atoms with Crippen LogP contribution in [-0.4, -0.2) is 26.7 Å². The summed E-state index contributed by atoms with van der Waals surface area (Å²) >= 11 is 0. The molecule has 5 heteroatoms. The Kier molecular flexibility index (Phi) is 6.28. The number of nitrogens with one attached hydrogen (secondary N) is 1. The molecule has 2 rings (SSSR count). The van der Waals surface area contributed by atoms with Gasteiger partial charge >= 0.3 is 0 Å². The quantitative estimate of drug-likeness (QED) is 0.622. The second-order valence-electron chi connectivity index (χ2n) is 6.09. The van der Waals surface area contributed by atoms with Crippen LogP contribution < -0.4 is 20.5 Å². The molecule has 5 nitrogen and oxygen atoms in total. The van der Waals surface area contributed by atoms with E-state index in [9.17, 15) is 0 Å². The van der Waals surface area contributed by atoms with E-state index in [4.69, 9.17) is 15.2 Å². The van der Waals surface area contributed by atoms with Crippen LogP contribution >= 0.6 is 0 Å². The summed E-state index contributed by atoms with van der Waals surface area (Å²) in [5.74, 6) is 1.70. The van der Waals surface area contributed by atoms with Crippen LogP contribution in [0, 0.1) is 20.8 Å². The summed E-state index contributed by atoms with van der Waals surface area (Å²) in [6, 6.07) is 9.94. The lowest BCUT2D eigenvalue weighted by Crippen LogP contribution is -2.23. The highest BCUT2D eigenvalue weighted by atomic mass is 16.5. The number of guanidine groups is 1. The van der Waals surface area contributed by atoms with Gasteiger partial charge in [-0.1, -0.05) is 17.7 Å². The van der Waals surface area contributed by atoms with E-state index >= 15 is 0 Å². The first kappa shape index (κ1) is 18.6. The molecule has 0 atom stereocenters. The zero-order valence-electron chi connectivity index (χ0n) is 15.6. The van der Waals surface area contributed by atoms with Gasteiger partial charge in [0, 0.05) is 18.3 Å². The van der Waals surface area contributed by atoms with Crippen LogP contribution in [0.4, 0.5) is 5.69 Å². The third kappa shape index (κ3) is 4.89. The van der Waals surface area contributed by atoms with Gasteiger partial charge in [-0.05, 0) is 56.0 Å². The molecule has 0 radical (unpaired) electrons. The number of hydrogen-bond acceptors (Lipinski definition) is 3. The van der Waals surface area contributed by atoms with Gasteiger partial charge in [-0.15, -0.1) is 0 Å². The van der Waals surface area contributed by atoms with Gasteiger partial charge in [0.25, 0.3) is 0 Å². The summed E-state index contributed by atoms with van der Waals surface area (Å²) in [4.78, 5) is 4.43. The monoisotopic (exact) mass is 341 g/mol. The number of ether oxygens (including phenoxy) is 2. The number of methoxy groups -OCH3 is 2. The van der Waals surface area contributed by atoms with Gasteiger partial charge in [0.1, 0.15) is 0 Å². The van der Waals surface area contributed by atoms with Crippen LogP contribution in [0.15, 0.2) is 35.3 Å². The molecule has 2 aromatic rings. The Hall–Kier alpha value is -2.69. The molecule has 2 aromatic carbocycles. The molecule has 0 aromatic heterocycles. The van der Waals surface area contributed by atoms with E-state index in [2.05, 4.69) is 43.2 Å². The van der Waals surface area contributed by atoms with Crippen LogP contribution in [0.2, 0.25) is 0 Å². The molecule has 0 saturated carbocycles. The molecule has 0 unspecified atom stereocenters. The number of nitrogens with two attached hydrogens (primary N) is 1. The Morgan fingerprint density at radius 3 is 2.24 bits per heavy atom. The molecule has 0 amide bonds. The van der Waals surface area contributed by atoms with Gasteiger partial charge in [-0.3, -0.25) is 4.99 Å². The number of hydrogen-bond donors (Lipinski definition) is 2. The minimum Gasteiger partial charge on any atom is -0.493 e. The highest BCUT2D eigenvalue weighted by Crippen LogP contribution is 2.29. The second kappa shape index (κ2) is 8.42. The molecule has 0 fully saturated rings. The van der Waals surface area contributed by atoms with Crippen molar-refractivity contribution in [3.8, 4) is 11.5 Å². The molecule has 0 aliphatic heterocycles. The first-order valence-electron chi connectivity index (χ1n) is 8.30. The van der Waals surface area contributed by atoms with Crippen molar-refractivity contribution in [2.75, 3.05) is 26.1 Å². The maximum Gasteiger partial charge on any atom is 0.193 e. The first-order valence-corrected chi connectivity index (χ1v) is 8.30. The predicted molar refractivity (Wildman–Crippen MR) is 104 cm³/mol. The van der Waals surface area contributed by atoms with Gasteiger partial charge in [0.05, 0.1) is 14.2 Å². The average molecular weight is 341 g/mol. The second-order valence-corrected chi connectivity index (χ2v) is 6.09. The fourth-order valence-corrected chi connectivity index (χ4v) is 2.99. The highest BCUT2D eigenvalue weighted by molar-refractivity contribution is 5.92. The topological polar surface area (TPSA) is 68.9 Å². The van der Waals surface area contributed by atoms with E-state index in [1.54, 1.807) is 14.2 Å². The fraction of sp³-hybridized carbons (Fsp3) is 0.350. The Balaban J connectivity index is 2.01. The predicted octanol–water partition coefficient (Wildman–Crippen LogP) is 3.60. The van der Waals surface area contributed by atoms with Crippen molar-refractivity contribution in [1.29, 1.82) is 0 Å². The van der Waals surface area contributed by atoms with E-state index < -0.39 is 0 Å². The molecule has 0 heterocycles. The summed E-state index contributed by atoms with van der Waals surface area (Å²) in [6.45, 7) is 7.04. The normalized spacial score (nSPS) is 11.3. The van der Waals surface area contributed by atoms with E-state index in [0.717, 1.165) is 12.1 Å². The molecule has 0 aliphatic carbocycles. The van der Waals surface area contributed by atoms with Crippen molar-refractivity contribution >= 4 is 11.6 Å². The van der Waals surface area contributed by atoms with E-state index in [-0.39, 0.29) is 0 Å². The number of nitrogens with zero attached hydrogens (tertiary/aromatic N) is 1. The fourth-order valence-electron chi connectivity index (χ4n) is 2.99. The lowest BCUT2D eigenvalue weighted by atomic mass is 9.97. The van der Waals surface area contributed by atoms with E-state index in [1.807, 2.05) is 18.2 Å². The molecule has 0 spiro atoms. The Labute approximate surface area is 149 Å². The number of rotatable bonds is 6. The van der Waals surface area contributed by atoms with Gasteiger partial charge in [0.2, 0.25) is 0 Å². The summed E-state index contributed by atoms with van der Waals surface area (Å²) in [6.07, 6.45) is 0.867. The molecular formula is C20H27N3O2. The van der Waals surface area contributed by atoms with Crippen LogP contribution in [-0.2, 0) is 6.42 Å². The molecule has 0 bridgehead atoms. The Morgan fingerprint density at radius 2 is 1.64 bits per heavy atom. The zero-order chi connectivity index (χ0) is 18.4. The highest BCUT2D eigenvalue weighted by Gasteiger charge is 2.06. The standard InChI is InChI=1S/C20H27N3O2/c1-13-10-14(2)17(15(3)11-13)8-9-22-20(21)23-16-6-7-18(24-4)19(12-16)25-5/h6-7,10-12H,8-9H2,1-5H3,(H3,21,22,23). The van der Waals surface area contributed by atoms with Crippen LogP contribution in [0.25, 0.3) is 0 Å². The van der Waals surface area contributed by atoms with E-state index in [1.165, 1.54) is 22.3 Å². The lowest BCUT2D eigenvalue weighted by molar-refractivity contribution is 0.355. The maximum absolute atomic E-state index is 6.00. The summed E-state index contributed by atoms with van der Waals surface area (Å²) in [7, 11) is 3.21. The minimum absolute atomic E-state index is 0.384. The zero-order valence-corrected chi connectivity index (χ0v) is 15.6. The number of anilines is 1. The number of aryl methyl sites for hydroxylation is 3. The van der Waals surface area contributed by atoms with Crippen molar-refractivity contribution < 1.29 is 9.47 Å². The third-order valence-corrected chi connectivity index (χ3v) is 4.14. The van der Waals surface area contributed by atoms with E-state index in [0.29, 0.717) is 24.0 Å². The van der Waals surface area contributed by atoms with Crippen LogP contribution in [0.5, 0.6) is 11.5 Å². The minimum atomic E-state index is 0.384. The third-order valence-electron chi connectivity index (χ3n) is 4.14. The molecule has 0 aliphatic rings. The van der Waals surface area contributed by atoms with Gasteiger partial charge in [-0.25, -0.2) is 0 Å². The molecule has 0 saturated heterocycles. The number of aliphatic imine (C=N–C) groups is 1. The smallest absolute Gasteiger partial charge is 0.193 e. The van der Waals surface area contributed by atoms with Crippen LogP contribution in [0.3, 0.4) is 0 Å². The molecule has 134 valence electrons. The summed E-state index contributed by atoms with van der Waals surface area (Å²) < 4.78 is 10.5. The number of benzene rings is 2. The van der Waals surface area contributed by atoms with Crippen molar-refractivity contribution in [2.45, 2.75) is 27.2 Å². The van der Waals surface area contributed by atoms with Gasteiger partial charge < -0.3 is 20.5 Å². The van der Waals surface area contributed by atoms with Crippen molar-refractivity contribution in [3.63, 3.8) is 0 Å². The molecule has 25 heavy (non-hydrogen) atoms. The Morgan fingerprint density at radius 1 is 1.00 bits per heavy atom. The van der Waals surface area contributed by atoms with Crippen molar-refractivity contribution in [3.05, 3.63) is 52.6 Å². The average Bonchev–Trinajstić information content (AvgIpc) is 2.57. The summed E-state index contributed by atoms with van der Waals surface area (Å²) in [5, 5.41) is 3.08. The lowest BCUT2D eigenvalue weighted by Gasteiger charge is -2.12. The largest absolute Gasteiger partial charge is 0.493 e. The SMILES string of the molecule is COc1ccc(NC(N)=NCCc2c(C)cc(C)cc2C)cc1OC. The Bertz CT molecular complexity index is 747.